The predicted molar refractivity (Wildman–Crippen MR) is 92.0 cm³/mol. The average Bonchev–Trinajstić information content (AvgIpc) is 2.94. The first-order valence-electron chi connectivity index (χ1n) is 8.65. The molecule has 2 aromatic rings. The van der Waals surface area contributed by atoms with Crippen LogP contribution in [0.1, 0.15) is 36.5 Å². The van der Waals surface area contributed by atoms with E-state index in [1.165, 1.54) is 12.1 Å². The largest absolute Gasteiger partial charge is 0.347 e. The van der Waals surface area contributed by atoms with Gasteiger partial charge in [-0.3, -0.25) is 9.69 Å². The van der Waals surface area contributed by atoms with Crippen molar-refractivity contribution >= 4 is 5.91 Å². The number of likely N-dealkylation sites (tertiary alicyclic amines) is 1. The zero-order chi connectivity index (χ0) is 17.8. The number of hydrogen-bond acceptors (Lipinski definition) is 4. The molecule has 1 aromatic heterocycles. The van der Waals surface area contributed by atoms with Crippen molar-refractivity contribution < 1.29 is 9.18 Å². The molecule has 7 heteroatoms. The molecule has 0 bridgehead atoms. The molecule has 1 aliphatic heterocycles. The Labute approximate surface area is 147 Å². The topological polar surface area (TPSA) is 63.1 Å². The van der Waals surface area contributed by atoms with E-state index in [0.29, 0.717) is 13.1 Å². The first-order chi connectivity index (χ1) is 12.0. The monoisotopic (exact) mass is 345 g/mol. The molecule has 1 amide bonds. The summed E-state index contributed by atoms with van der Waals surface area (Å²) in [5.74, 6) is 1.34. The summed E-state index contributed by atoms with van der Waals surface area (Å²) in [7, 11) is 1.89. The molecule has 25 heavy (non-hydrogen) atoms. The van der Waals surface area contributed by atoms with E-state index in [-0.39, 0.29) is 17.8 Å². The third kappa shape index (κ3) is 4.22. The van der Waals surface area contributed by atoms with Crippen molar-refractivity contribution in [1.29, 1.82) is 0 Å². The lowest BCUT2D eigenvalue weighted by atomic mass is 10.0. The SMILES string of the molecule is Cc1nnc(CNC(=O)[C@H]2CCCCN2Cc2ccc(F)cc2)n1C. The summed E-state index contributed by atoms with van der Waals surface area (Å²) in [5, 5.41) is 11.1. The van der Waals surface area contributed by atoms with Crippen molar-refractivity contribution in [3.8, 4) is 0 Å². The number of carbonyl (C=O) groups is 1. The molecule has 0 aliphatic carbocycles. The van der Waals surface area contributed by atoms with Gasteiger partial charge in [-0.1, -0.05) is 18.6 Å². The Bertz CT molecular complexity index is 728. The zero-order valence-electron chi connectivity index (χ0n) is 14.7. The zero-order valence-corrected chi connectivity index (χ0v) is 14.7. The van der Waals surface area contributed by atoms with Crippen molar-refractivity contribution in [2.75, 3.05) is 6.54 Å². The number of piperidine rings is 1. The molecule has 0 saturated carbocycles. The summed E-state index contributed by atoms with van der Waals surface area (Å²) in [5.41, 5.74) is 1.02. The highest BCUT2D eigenvalue weighted by Crippen LogP contribution is 2.20. The number of amides is 1. The molecule has 1 saturated heterocycles. The molecule has 1 N–H and O–H groups in total. The number of aryl methyl sites for hydroxylation is 1. The Balaban J connectivity index is 1.62. The van der Waals surface area contributed by atoms with Crippen LogP contribution in [-0.2, 0) is 24.9 Å². The second kappa shape index (κ2) is 7.74. The summed E-state index contributed by atoms with van der Waals surface area (Å²) >= 11 is 0. The normalized spacial score (nSPS) is 18.3. The van der Waals surface area contributed by atoms with Crippen LogP contribution in [0.25, 0.3) is 0 Å². The first-order valence-corrected chi connectivity index (χ1v) is 8.65. The maximum atomic E-state index is 13.1. The van der Waals surface area contributed by atoms with Crippen molar-refractivity contribution in [3.63, 3.8) is 0 Å². The van der Waals surface area contributed by atoms with Crippen LogP contribution in [-0.4, -0.2) is 38.2 Å². The minimum absolute atomic E-state index is 0.0162. The van der Waals surface area contributed by atoms with E-state index in [9.17, 15) is 9.18 Å². The van der Waals surface area contributed by atoms with Crippen LogP contribution < -0.4 is 5.32 Å². The summed E-state index contributed by atoms with van der Waals surface area (Å²) in [6.07, 6.45) is 2.96. The minimum atomic E-state index is -0.240. The van der Waals surface area contributed by atoms with Crippen LogP contribution in [0.5, 0.6) is 0 Å². The quantitative estimate of drug-likeness (QED) is 0.899. The van der Waals surface area contributed by atoms with Crippen LogP contribution in [0.2, 0.25) is 0 Å². The second-order valence-corrected chi connectivity index (χ2v) is 6.55. The van der Waals surface area contributed by atoms with Gasteiger partial charge in [-0.2, -0.15) is 0 Å². The van der Waals surface area contributed by atoms with Gasteiger partial charge in [0.1, 0.15) is 11.6 Å². The Hall–Kier alpha value is -2.28. The Morgan fingerprint density at radius 2 is 2.04 bits per heavy atom. The summed E-state index contributed by atoms with van der Waals surface area (Å²) in [6, 6.07) is 6.32. The molecule has 3 rings (SSSR count). The Kier molecular flexibility index (Phi) is 5.43. The predicted octanol–water partition coefficient (Wildman–Crippen LogP) is 1.93. The van der Waals surface area contributed by atoms with Gasteiger partial charge in [-0.05, 0) is 44.0 Å². The van der Waals surface area contributed by atoms with Gasteiger partial charge in [-0.15, -0.1) is 10.2 Å². The molecule has 1 fully saturated rings. The number of hydrogen-bond donors (Lipinski definition) is 1. The number of carbonyl (C=O) groups excluding carboxylic acids is 1. The smallest absolute Gasteiger partial charge is 0.237 e. The summed E-state index contributed by atoms with van der Waals surface area (Å²) in [6.45, 7) is 3.78. The molecule has 1 aromatic carbocycles. The number of rotatable bonds is 5. The van der Waals surface area contributed by atoms with Gasteiger partial charge in [0.25, 0.3) is 0 Å². The fourth-order valence-corrected chi connectivity index (χ4v) is 3.19. The molecule has 2 heterocycles. The van der Waals surface area contributed by atoms with Gasteiger partial charge in [-0.25, -0.2) is 4.39 Å². The van der Waals surface area contributed by atoms with E-state index in [1.807, 2.05) is 18.5 Å². The number of aromatic nitrogens is 3. The highest BCUT2D eigenvalue weighted by molar-refractivity contribution is 5.81. The van der Waals surface area contributed by atoms with E-state index >= 15 is 0 Å². The average molecular weight is 345 g/mol. The lowest BCUT2D eigenvalue weighted by molar-refractivity contribution is -0.128. The number of nitrogens with zero attached hydrogens (tertiary/aromatic N) is 4. The van der Waals surface area contributed by atoms with Gasteiger partial charge in [0.15, 0.2) is 5.82 Å². The van der Waals surface area contributed by atoms with Crippen molar-refractivity contribution in [1.82, 2.24) is 25.0 Å². The highest BCUT2D eigenvalue weighted by Gasteiger charge is 2.28. The van der Waals surface area contributed by atoms with Gasteiger partial charge in [0, 0.05) is 13.6 Å². The third-order valence-electron chi connectivity index (χ3n) is 4.82. The van der Waals surface area contributed by atoms with Crippen LogP contribution in [0.15, 0.2) is 24.3 Å². The molecule has 1 atom stereocenters. The summed E-state index contributed by atoms with van der Waals surface area (Å²) < 4.78 is 14.9. The molecule has 0 radical (unpaired) electrons. The highest BCUT2D eigenvalue weighted by atomic mass is 19.1. The van der Waals surface area contributed by atoms with Gasteiger partial charge in [0.2, 0.25) is 5.91 Å². The van der Waals surface area contributed by atoms with Gasteiger partial charge < -0.3 is 9.88 Å². The minimum Gasteiger partial charge on any atom is -0.347 e. The molecule has 1 aliphatic rings. The standard InChI is InChI=1S/C18H24FN5O/c1-13-21-22-17(23(13)2)11-20-18(25)16-5-3-4-10-24(16)12-14-6-8-15(19)9-7-14/h6-9,16H,3-5,10-12H2,1-2H3,(H,20,25)/t16-/m1/s1. The van der Waals surface area contributed by atoms with Crippen LogP contribution >= 0.6 is 0 Å². The Morgan fingerprint density at radius 3 is 2.72 bits per heavy atom. The molecular weight excluding hydrogens is 321 g/mol. The van der Waals surface area contributed by atoms with E-state index in [0.717, 1.165) is 43.0 Å². The molecule has 0 spiro atoms. The van der Waals surface area contributed by atoms with E-state index < -0.39 is 0 Å². The van der Waals surface area contributed by atoms with Crippen LogP contribution in [0, 0.1) is 12.7 Å². The van der Waals surface area contributed by atoms with E-state index in [4.69, 9.17) is 0 Å². The molecule has 134 valence electrons. The Morgan fingerprint density at radius 1 is 1.28 bits per heavy atom. The van der Waals surface area contributed by atoms with E-state index in [1.54, 1.807) is 12.1 Å². The van der Waals surface area contributed by atoms with E-state index in [2.05, 4.69) is 20.4 Å². The molecule has 0 unspecified atom stereocenters. The number of halogens is 1. The van der Waals surface area contributed by atoms with Crippen molar-refractivity contribution in [3.05, 3.63) is 47.3 Å². The first kappa shape index (κ1) is 17.5. The van der Waals surface area contributed by atoms with Crippen molar-refractivity contribution in [2.24, 2.45) is 7.05 Å². The lowest BCUT2D eigenvalue weighted by Crippen LogP contribution is -2.49. The van der Waals surface area contributed by atoms with Gasteiger partial charge in [0.05, 0.1) is 12.6 Å². The molecule has 6 nitrogen and oxygen atoms in total. The fraction of sp³-hybridized carbons (Fsp3) is 0.500. The summed E-state index contributed by atoms with van der Waals surface area (Å²) in [4.78, 5) is 14.8. The number of benzene rings is 1. The number of nitrogens with one attached hydrogen (secondary N) is 1. The van der Waals surface area contributed by atoms with Crippen molar-refractivity contribution in [2.45, 2.75) is 45.3 Å². The third-order valence-corrected chi connectivity index (χ3v) is 4.82. The second-order valence-electron chi connectivity index (χ2n) is 6.55. The molecular formula is C18H24FN5O. The van der Waals surface area contributed by atoms with Crippen LogP contribution in [0.4, 0.5) is 4.39 Å². The maximum absolute atomic E-state index is 13.1. The van der Waals surface area contributed by atoms with Gasteiger partial charge >= 0.3 is 0 Å². The van der Waals surface area contributed by atoms with Crippen LogP contribution in [0.3, 0.4) is 0 Å². The maximum Gasteiger partial charge on any atom is 0.237 e. The fourth-order valence-electron chi connectivity index (χ4n) is 3.19. The lowest BCUT2D eigenvalue weighted by Gasteiger charge is -2.34.